The van der Waals surface area contributed by atoms with E-state index in [1.807, 2.05) is 12.3 Å². The zero-order valence-electron chi connectivity index (χ0n) is 25.2. The molecule has 1 aliphatic rings. The molecule has 1 atom stereocenters. The molecule has 228 valence electrons. The quantitative estimate of drug-likeness (QED) is 0.218. The van der Waals surface area contributed by atoms with Crippen molar-refractivity contribution in [1.29, 1.82) is 0 Å². The predicted octanol–water partition coefficient (Wildman–Crippen LogP) is 5.94. The van der Waals surface area contributed by atoms with Crippen molar-refractivity contribution in [3.8, 4) is 0 Å². The summed E-state index contributed by atoms with van der Waals surface area (Å²) in [6, 6.07) is 8.56. The summed E-state index contributed by atoms with van der Waals surface area (Å²) in [4.78, 5) is 45.2. The van der Waals surface area contributed by atoms with Crippen LogP contribution >= 0.6 is 15.9 Å². The lowest BCUT2D eigenvalue weighted by atomic mass is 9.88. The molecule has 2 N–H and O–H groups in total. The lowest BCUT2D eigenvalue weighted by molar-refractivity contribution is -0.134. The molecule has 2 aromatic heterocycles. The van der Waals surface area contributed by atoms with Gasteiger partial charge in [0.1, 0.15) is 12.1 Å². The van der Waals surface area contributed by atoms with Crippen molar-refractivity contribution in [1.82, 2.24) is 25.0 Å². The highest BCUT2D eigenvalue weighted by Crippen LogP contribution is 2.33. The molecule has 1 aliphatic heterocycles. The number of hydrogen-bond donors (Lipinski definition) is 2. The summed E-state index contributed by atoms with van der Waals surface area (Å²) >= 11 is 3.66. The number of aldehydes is 1. The Kier molecular flexibility index (Phi) is 9.18. The number of nitrogens with zero attached hydrogens (tertiary/aromatic N) is 3. The van der Waals surface area contributed by atoms with Crippen molar-refractivity contribution < 1.29 is 14.0 Å². The Bertz CT molecular complexity index is 1700. The first-order valence-corrected chi connectivity index (χ1v) is 15.6. The predicted molar refractivity (Wildman–Crippen MR) is 171 cm³/mol. The van der Waals surface area contributed by atoms with Crippen LogP contribution in [0.5, 0.6) is 0 Å². The molecule has 1 fully saturated rings. The summed E-state index contributed by atoms with van der Waals surface area (Å²) in [6.07, 6.45) is 4.57. The van der Waals surface area contributed by atoms with Crippen molar-refractivity contribution in [3.05, 3.63) is 73.9 Å². The number of rotatable bonds is 9. The van der Waals surface area contributed by atoms with E-state index in [-0.39, 0.29) is 34.7 Å². The molecule has 0 spiro atoms. The van der Waals surface area contributed by atoms with Crippen molar-refractivity contribution in [3.63, 3.8) is 0 Å². The first kappa shape index (κ1) is 31.1. The van der Waals surface area contributed by atoms with Gasteiger partial charge in [0.25, 0.3) is 5.56 Å². The van der Waals surface area contributed by atoms with Gasteiger partial charge in [0.05, 0.1) is 17.2 Å². The van der Waals surface area contributed by atoms with Gasteiger partial charge in [-0.1, -0.05) is 32.9 Å². The van der Waals surface area contributed by atoms with Gasteiger partial charge in [-0.25, -0.2) is 4.39 Å². The molecule has 2 aromatic carbocycles. The molecule has 43 heavy (non-hydrogen) atoms. The van der Waals surface area contributed by atoms with Gasteiger partial charge in [-0.05, 0) is 82.9 Å². The summed E-state index contributed by atoms with van der Waals surface area (Å²) in [5.74, 6) is -0.993. The smallest absolute Gasteiger partial charge is 0.251 e. The number of aromatic amines is 2. The molecule has 1 amide bonds. The minimum Gasteiger partial charge on any atom is -0.343 e. The van der Waals surface area contributed by atoms with E-state index in [1.54, 1.807) is 23.1 Å². The van der Waals surface area contributed by atoms with Crippen LogP contribution in [0, 0.1) is 17.2 Å². The third kappa shape index (κ3) is 7.07. The summed E-state index contributed by atoms with van der Waals surface area (Å²) in [6.45, 7) is 9.22. The zero-order chi connectivity index (χ0) is 30.9. The number of carbonyl (C=O) groups excluding carboxylic acids is 2. The molecule has 1 unspecified atom stereocenters. The molecule has 1 saturated heterocycles. The number of hydrogen-bond acceptors (Lipinski definition) is 5. The molecular weight excluding hydrogens is 613 g/mol. The van der Waals surface area contributed by atoms with Gasteiger partial charge in [-0.3, -0.25) is 14.7 Å². The number of piperidine rings is 1. The number of likely N-dealkylation sites (tertiary alicyclic amines) is 1. The molecule has 0 aliphatic carbocycles. The molecular formula is C33H39BrFN5O3. The van der Waals surface area contributed by atoms with Crippen LogP contribution in [0.1, 0.15) is 62.6 Å². The Morgan fingerprint density at radius 3 is 2.67 bits per heavy atom. The second-order valence-corrected chi connectivity index (χ2v) is 14.0. The number of H-pyrrole nitrogens is 2. The minimum absolute atomic E-state index is 0.0194. The van der Waals surface area contributed by atoms with Gasteiger partial charge in [-0.15, -0.1) is 0 Å². The second kappa shape index (κ2) is 12.7. The summed E-state index contributed by atoms with van der Waals surface area (Å²) in [7, 11) is 2.09. The molecule has 4 aromatic rings. The highest BCUT2D eigenvalue weighted by molar-refractivity contribution is 9.10. The van der Waals surface area contributed by atoms with E-state index in [2.05, 4.69) is 63.8 Å². The van der Waals surface area contributed by atoms with Crippen LogP contribution in [0.25, 0.3) is 21.8 Å². The largest absolute Gasteiger partial charge is 0.343 e. The number of carbonyl (C=O) groups is 2. The fourth-order valence-corrected chi connectivity index (χ4v) is 7.02. The van der Waals surface area contributed by atoms with Gasteiger partial charge in [0.2, 0.25) is 5.91 Å². The average molecular weight is 653 g/mol. The van der Waals surface area contributed by atoms with E-state index < -0.39 is 11.7 Å². The third-order valence-corrected chi connectivity index (χ3v) is 8.95. The van der Waals surface area contributed by atoms with E-state index >= 15 is 0 Å². The van der Waals surface area contributed by atoms with Crippen LogP contribution in [0.3, 0.4) is 0 Å². The first-order chi connectivity index (χ1) is 20.4. The Balaban J connectivity index is 1.27. The number of aromatic nitrogens is 3. The number of halogens is 2. The second-order valence-electron chi connectivity index (χ2n) is 13.1. The van der Waals surface area contributed by atoms with Crippen LogP contribution < -0.4 is 5.56 Å². The number of pyridine rings is 1. The maximum Gasteiger partial charge on any atom is 0.251 e. The number of fused-ring (bicyclic) bond motifs is 2. The maximum atomic E-state index is 14.1. The topological polar surface area (TPSA) is 102 Å². The van der Waals surface area contributed by atoms with Gasteiger partial charge in [0.15, 0.2) is 0 Å². The normalized spacial score (nSPS) is 15.5. The lowest BCUT2D eigenvalue weighted by Crippen LogP contribution is -2.39. The third-order valence-electron chi connectivity index (χ3n) is 8.32. The fraction of sp³-hybridized carbons (Fsp3) is 0.455. The highest BCUT2D eigenvalue weighted by atomic mass is 79.9. The van der Waals surface area contributed by atoms with E-state index in [0.717, 1.165) is 39.3 Å². The minimum atomic E-state index is -0.466. The standard InChI is InChI=1S/C33H39BrFN5O3/c1-33(2,3)19-39(4)17-26-23(15-27(34)31-25(26)16-36-38-31)12-20(18-41)13-29(42)40-10-8-21(9-11-40)24-14-22-6-5-7-28(35)30(22)37-32(24)43/h5-7,14-16,18,20-21H,8-13,17,19H2,1-4H3,(H,36,38)(H,37,43). The van der Waals surface area contributed by atoms with E-state index in [1.165, 1.54) is 6.07 Å². The number of amides is 1. The van der Waals surface area contributed by atoms with Gasteiger partial charge in [-0.2, -0.15) is 5.10 Å². The Morgan fingerprint density at radius 2 is 1.98 bits per heavy atom. The Hall–Kier alpha value is -3.37. The maximum absolute atomic E-state index is 14.1. The van der Waals surface area contributed by atoms with Crippen LogP contribution in [0.15, 0.2) is 45.8 Å². The van der Waals surface area contributed by atoms with Crippen LogP contribution in [0.4, 0.5) is 4.39 Å². The Labute approximate surface area is 259 Å². The van der Waals surface area contributed by atoms with E-state index in [4.69, 9.17) is 0 Å². The van der Waals surface area contributed by atoms with Crippen LogP contribution in [0.2, 0.25) is 0 Å². The molecule has 10 heteroatoms. The van der Waals surface area contributed by atoms with Crippen LogP contribution in [-0.2, 0) is 22.6 Å². The molecule has 8 nitrogen and oxygen atoms in total. The highest BCUT2D eigenvalue weighted by Gasteiger charge is 2.28. The van der Waals surface area contributed by atoms with Gasteiger partial charge in [0, 0.05) is 59.3 Å². The summed E-state index contributed by atoms with van der Waals surface area (Å²) in [5.41, 5.74) is 3.74. The Morgan fingerprint density at radius 1 is 1.23 bits per heavy atom. The van der Waals surface area contributed by atoms with Gasteiger partial charge >= 0.3 is 0 Å². The molecule has 0 saturated carbocycles. The SMILES string of the molecule is CN(Cc1c(CC(C=O)CC(=O)N2CCC(c3cc4cccc(F)c4[nH]c3=O)CC2)cc(Br)c2[nH]ncc12)CC(C)(C)C. The molecule has 0 bridgehead atoms. The number of benzene rings is 2. The van der Waals surface area contributed by atoms with E-state index in [9.17, 15) is 18.8 Å². The van der Waals surface area contributed by atoms with Crippen molar-refractivity contribution in [2.24, 2.45) is 11.3 Å². The molecule has 5 rings (SSSR count). The van der Waals surface area contributed by atoms with Crippen molar-refractivity contribution in [2.75, 3.05) is 26.7 Å². The van der Waals surface area contributed by atoms with Crippen molar-refractivity contribution >= 4 is 49.9 Å². The number of para-hydroxylation sites is 1. The average Bonchev–Trinajstić information content (AvgIpc) is 3.45. The van der Waals surface area contributed by atoms with Crippen molar-refractivity contribution in [2.45, 2.75) is 58.9 Å². The van der Waals surface area contributed by atoms with E-state index in [0.29, 0.717) is 49.8 Å². The fourth-order valence-electron chi connectivity index (χ4n) is 6.45. The molecule has 3 heterocycles. The zero-order valence-corrected chi connectivity index (χ0v) is 26.8. The first-order valence-electron chi connectivity index (χ1n) is 14.8. The lowest BCUT2D eigenvalue weighted by Gasteiger charge is -2.32. The van der Waals surface area contributed by atoms with Crippen LogP contribution in [-0.4, -0.2) is 63.9 Å². The number of nitrogens with one attached hydrogen (secondary N) is 2. The van der Waals surface area contributed by atoms with Gasteiger partial charge < -0.3 is 19.6 Å². The monoisotopic (exact) mass is 651 g/mol. The molecule has 0 radical (unpaired) electrons. The summed E-state index contributed by atoms with van der Waals surface area (Å²) < 4.78 is 15.0. The summed E-state index contributed by atoms with van der Waals surface area (Å²) in [5, 5.41) is 9.00.